The number of nitrogens with zero attached hydrogens (tertiary/aromatic N) is 1. The third-order valence-corrected chi connectivity index (χ3v) is 4.56. The lowest BCUT2D eigenvalue weighted by Crippen LogP contribution is -2.15. The smallest absolute Gasteiger partial charge is 0.183 e. The number of hydrogen-bond acceptors (Lipinski definition) is 3. The normalized spacial score (nSPS) is 17.3. The van der Waals surface area contributed by atoms with E-state index in [1.165, 1.54) is 24.0 Å². The number of thiazole rings is 1. The monoisotopic (exact) mass is 310 g/mol. The number of nitrogens with one attached hydrogen (secondary N) is 1. The van der Waals surface area contributed by atoms with Crippen LogP contribution in [0.15, 0.2) is 22.7 Å². The first kappa shape index (κ1) is 11.5. The van der Waals surface area contributed by atoms with E-state index in [1.807, 2.05) is 0 Å². The van der Waals surface area contributed by atoms with E-state index < -0.39 is 0 Å². The van der Waals surface area contributed by atoms with Gasteiger partial charge in [-0.1, -0.05) is 40.1 Å². The maximum Gasteiger partial charge on any atom is 0.183 e. The number of halogens is 1. The molecule has 4 heteroatoms. The lowest BCUT2D eigenvalue weighted by molar-refractivity contribution is 0.642. The molecule has 1 aromatic heterocycles. The highest BCUT2D eigenvalue weighted by Gasteiger charge is 2.23. The molecule has 1 atom stereocenters. The predicted molar refractivity (Wildman–Crippen MR) is 77.7 cm³/mol. The molecule has 0 bridgehead atoms. The van der Waals surface area contributed by atoms with Crippen LogP contribution in [0.3, 0.4) is 0 Å². The van der Waals surface area contributed by atoms with Gasteiger partial charge in [0.25, 0.3) is 0 Å². The van der Waals surface area contributed by atoms with E-state index in [0.717, 1.165) is 21.0 Å². The number of fused-ring (bicyclic) bond motifs is 1. The van der Waals surface area contributed by atoms with Crippen molar-refractivity contribution in [2.24, 2.45) is 5.92 Å². The van der Waals surface area contributed by atoms with E-state index in [2.05, 4.69) is 51.4 Å². The third-order valence-electron chi connectivity index (χ3n) is 3.10. The topological polar surface area (TPSA) is 24.9 Å². The number of benzene rings is 1. The Labute approximate surface area is 114 Å². The Hall–Kier alpha value is -0.610. The molecule has 1 heterocycles. The second-order valence-corrected chi connectivity index (χ2v) is 6.80. The molecular formula is C13H15BrN2S. The third kappa shape index (κ3) is 2.80. The summed E-state index contributed by atoms with van der Waals surface area (Å²) in [5.74, 6) is 0.959. The molecule has 0 amide bonds. The van der Waals surface area contributed by atoms with Crippen molar-refractivity contribution in [1.29, 1.82) is 0 Å². The van der Waals surface area contributed by atoms with Crippen molar-refractivity contribution in [2.75, 3.05) is 5.32 Å². The van der Waals surface area contributed by atoms with Crippen LogP contribution in [0.4, 0.5) is 5.13 Å². The second-order valence-electron chi connectivity index (χ2n) is 4.86. The van der Waals surface area contributed by atoms with Gasteiger partial charge in [-0.25, -0.2) is 4.98 Å². The van der Waals surface area contributed by atoms with Crippen molar-refractivity contribution in [1.82, 2.24) is 4.98 Å². The van der Waals surface area contributed by atoms with Gasteiger partial charge in [0.1, 0.15) is 0 Å². The highest BCUT2D eigenvalue weighted by atomic mass is 79.9. The molecule has 1 aliphatic carbocycles. The van der Waals surface area contributed by atoms with Crippen LogP contribution in [-0.4, -0.2) is 11.0 Å². The number of anilines is 1. The van der Waals surface area contributed by atoms with Crippen LogP contribution in [-0.2, 0) is 0 Å². The summed E-state index contributed by atoms with van der Waals surface area (Å²) in [5.41, 5.74) is 1.07. The molecule has 1 fully saturated rings. The Morgan fingerprint density at radius 3 is 3.12 bits per heavy atom. The van der Waals surface area contributed by atoms with Gasteiger partial charge in [0, 0.05) is 10.5 Å². The Morgan fingerprint density at radius 2 is 2.35 bits per heavy atom. The largest absolute Gasteiger partial charge is 0.359 e. The standard InChI is InChI=1S/C13H15BrN2S/c1-8(6-9-2-3-9)15-13-16-11-7-10(14)4-5-12(11)17-13/h4-5,7-9H,2-3,6H2,1H3,(H,15,16). The number of rotatable bonds is 4. The van der Waals surface area contributed by atoms with Gasteiger partial charge in [0.15, 0.2) is 5.13 Å². The fourth-order valence-electron chi connectivity index (χ4n) is 2.09. The van der Waals surface area contributed by atoms with Gasteiger partial charge in [0.05, 0.1) is 10.2 Å². The first-order chi connectivity index (χ1) is 8.20. The van der Waals surface area contributed by atoms with Crippen LogP contribution in [0.1, 0.15) is 26.2 Å². The van der Waals surface area contributed by atoms with E-state index in [9.17, 15) is 0 Å². The predicted octanol–water partition coefficient (Wildman–Crippen LogP) is 4.66. The summed E-state index contributed by atoms with van der Waals surface area (Å²) in [5, 5.41) is 4.56. The average molecular weight is 311 g/mol. The molecular weight excluding hydrogens is 296 g/mol. The van der Waals surface area contributed by atoms with E-state index in [0.29, 0.717) is 6.04 Å². The van der Waals surface area contributed by atoms with Crippen LogP contribution >= 0.6 is 27.3 Å². The van der Waals surface area contributed by atoms with E-state index in [-0.39, 0.29) is 0 Å². The molecule has 1 aromatic carbocycles. The van der Waals surface area contributed by atoms with Gasteiger partial charge >= 0.3 is 0 Å². The molecule has 2 nitrogen and oxygen atoms in total. The molecule has 90 valence electrons. The Balaban J connectivity index is 1.75. The number of aromatic nitrogens is 1. The maximum atomic E-state index is 4.62. The van der Waals surface area contributed by atoms with Crippen molar-refractivity contribution in [2.45, 2.75) is 32.2 Å². The minimum Gasteiger partial charge on any atom is -0.359 e. The summed E-state index contributed by atoms with van der Waals surface area (Å²) in [7, 11) is 0. The van der Waals surface area contributed by atoms with E-state index in [4.69, 9.17) is 0 Å². The van der Waals surface area contributed by atoms with E-state index in [1.54, 1.807) is 11.3 Å². The first-order valence-corrected chi connectivity index (χ1v) is 7.64. The minimum absolute atomic E-state index is 0.534. The van der Waals surface area contributed by atoms with Crippen LogP contribution in [0.2, 0.25) is 0 Å². The average Bonchev–Trinajstić information content (AvgIpc) is 2.97. The molecule has 1 unspecified atom stereocenters. The van der Waals surface area contributed by atoms with Crippen molar-refractivity contribution in [3.63, 3.8) is 0 Å². The summed E-state index contributed by atoms with van der Waals surface area (Å²) >= 11 is 5.22. The summed E-state index contributed by atoms with van der Waals surface area (Å²) in [6.07, 6.45) is 4.11. The molecule has 17 heavy (non-hydrogen) atoms. The summed E-state index contributed by atoms with van der Waals surface area (Å²) in [4.78, 5) is 4.62. The molecule has 0 saturated heterocycles. The van der Waals surface area contributed by atoms with Crippen LogP contribution in [0.5, 0.6) is 0 Å². The summed E-state index contributed by atoms with van der Waals surface area (Å²) in [6.45, 7) is 2.25. The fraction of sp³-hybridized carbons (Fsp3) is 0.462. The van der Waals surface area contributed by atoms with Gasteiger partial charge in [-0.2, -0.15) is 0 Å². The zero-order valence-corrected chi connectivity index (χ0v) is 12.1. The van der Waals surface area contributed by atoms with Crippen LogP contribution < -0.4 is 5.32 Å². The Kier molecular flexibility index (Phi) is 3.09. The molecule has 1 N–H and O–H groups in total. The van der Waals surface area contributed by atoms with Gasteiger partial charge in [-0.3, -0.25) is 0 Å². The molecule has 0 radical (unpaired) electrons. The SMILES string of the molecule is CC(CC1CC1)Nc1nc2cc(Br)ccc2s1. The molecule has 1 saturated carbocycles. The second kappa shape index (κ2) is 4.58. The molecule has 2 aromatic rings. The van der Waals surface area contributed by atoms with Gasteiger partial charge in [-0.05, 0) is 37.5 Å². The van der Waals surface area contributed by atoms with Crippen molar-refractivity contribution in [3.05, 3.63) is 22.7 Å². The minimum atomic E-state index is 0.534. The zero-order chi connectivity index (χ0) is 11.8. The van der Waals surface area contributed by atoms with Crippen LogP contribution in [0.25, 0.3) is 10.2 Å². The Morgan fingerprint density at radius 1 is 1.53 bits per heavy atom. The number of hydrogen-bond donors (Lipinski definition) is 1. The maximum absolute atomic E-state index is 4.62. The van der Waals surface area contributed by atoms with Crippen molar-refractivity contribution < 1.29 is 0 Å². The zero-order valence-electron chi connectivity index (χ0n) is 9.74. The van der Waals surface area contributed by atoms with Crippen molar-refractivity contribution in [3.8, 4) is 0 Å². The van der Waals surface area contributed by atoms with Crippen LogP contribution in [0, 0.1) is 5.92 Å². The molecule has 0 aliphatic heterocycles. The highest BCUT2D eigenvalue weighted by molar-refractivity contribution is 9.10. The Bertz CT molecular complexity index is 533. The van der Waals surface area contributed by atoms with Gasteiger partial charge in [-0.15, -0.1) is 0 Å². The van der Waals surface area contributed by atoms with Crippen molar-refractivity contribution >= 4 is 42.6 Å². The lowest BCUT2D eigenvalue weighted by atomic mass is 10.2. The van der Waals surface area contributed by atoms with E-state index >= 15 is 0 Å². The fourth-order valence-corrected chi connectivity index (χ4v) is 3.39. The summed E-state index contributed by atoms with van der Waals surface area (Å²) < 4.78 is 2.34. The molecule has 3 rings (SSSR count). The lowest BCUT2D eigenvalue weighted by Gasteiger charge is -2.11. The van der Waals surface area contributed by atoms with Gasteiger partial charge < -0.3 is 5.32 Å². The quantitative estimate of drug-likeness (QED) is 0.888. The first-order valence-electron chi connectivity index (χ1n) is 6.03. The molecule has 0 spiro atoms. The summed E-state index contributed by atoms with van der Waals surface area (Å²) in [6, 6.07) is 6.79. The highest BCUT2D eigenvalue weighted by Crippen LogP contribution is 2.35. The van der Waals surface area contributed by atoms with Gasteiger partial charge in [0.2, 0.25) is 0 Å². The molecule has 1 aliphatic rings.